The molecule has 2 amide bonds. The number of hydrogen-bond acceptors (Lipinski definition) is 3. The van der Waals surface area contributed by atoms with E-state index in [1.165, 1.54) is 0 Å². The van der Waals surface area contributed by atoms with E-state index < -0.39 is 11.4 Å². The fraction of sp³-hybridized carbons (Fsp3) is 0.474. The molecule has 1 aromatic heterocycles. The molecule has 2 aliphatic rings. The van der Waals surface area contributed by atoms with Crippen LogP contribution in [0.15, 0.2) is 34.7 Å². The molecule has 4 rings (SSSR count). The van der Waals surface area contributed by atoms with Crippen molar-refractivity contribution >= 4 is 23.0 Å². The lowest BCUT2D eigenvalue weighted by atomic mass is 9.81. The Hall–Kier alpha value is -2.50. The summed E-state index contributed by atoms with van der Waals surface area (Å²) in [7, 11) is 0. The molecular formula is C19H22N2O4. The molecular weight excluding hydrogens is 320 g/mol. The highest BCUT2D eigenvalue weighted by Crippen LogP contribution is 2.48. The number of nitrogens with zero attached hydrogens (tertiary/aromatic N) is 1. The van der Waals surface area contributed by atoms with E-state index in [1.54, 1.807) is 4.90 Å². The van der Waals surface area contributed by atoms with Crippen LogP contribution in [0, 0.1) is 11.3 Å². The minimum absolute atomic E-state index is 0.0669. The highest BCUT2D eigenvalue weighted by atomic mass is 16.4. The Balaban J connectivity index is 1.46. The van der Waals surface area contributed by atoms with E-state index in [2.05, 4.69) is 5.32 Å². The number of para-hydroxylation sites is 1. The summed E-state index contributed by atoms with van der Waals surface area (Å²) in [4.78, 5) is 26.0. The molecule has 2 fully saturated rings. The van der Waals surface area contributed by atoms with Crippen LogP contribution in [0.1, 0.15) is 38.0 Å². The molecule has 0 unspecified atom stereocenters. The molecule has 1 aromatic carbocycles. The van der Waals surface area contributed by atoms with Crippen molar-refractivity contribution in [2.75, 3.05) is 13.1 Å². The Bertz CT molecular complexity index is 797. The second kappa shape index (κ2) is 5.79. The predicted molar refractivity (Wildman–Crippen MR) is 92.1 cm³/mol. The van der Waals surface area contributed by atoms with Crippen molar-refractivity contribution in [3.8, 4) is 0 Å². The maximum Gasteiger partial charge on any atom is 0.318 e. The molecule has 3 atom stereocenters. The SMILES string of the molecule is C[C@@H](NC(=O)N1C[C@@H]2CCC[C@@]2(C(=O)O)C1)c1cc2ccccc2o1. The van der Waals surface area contributed by atoms with Crippen LogP contribution in [0.5, 0.6) is 0 Å². The van der Waals surface area contributed by atoms with Crippen molar-refractivity contribution in [1.82, 2.24) is 10.2 Å². The van der Waals surface area contributed by atoms with Crippen molar-refractivity contribution in [3.05, 3.63) is 36.1 Å². The number of rotatable bonds is 3. The summed E-state index contributed by atoms with van der Waals surface area (Å²) in [5.74, 6) is -0.00483. The topological polar surface area (TPSA) is 82.8 Å². The van der Waals surface area contributed by atoms with Gasteiger partial charge in [0, 0.05) is 18.5 Å². The Labute approximate surface area is 145 Å². The minimum Gasteiger partial charge on any atom is -0.481 e. The van der Waals surface area contributed by atoms with Crippen LogP contribution in [-0.2, 0) is 4.79 Å². The van der Waals surface area contributed by atoms with Gasteiger partial charge in [0.15, 0.2) is 0 Å². The summed E-state index contributed by atoms with van der Waals surface area (Å²) in [5.41, 5.74) is 0.0408. The first-order chi connectivity index (χ1) is 12.0. The summed E-state index contributed by atoms with van der Waals surface area (Å²) in [6.45, 7) is 2.69. The van der Waals surface area contributed by atoms with Crippen molar-refractivity contribution < 1.29 is 19.1 Å². The first kappa shape index (κ1) is 16.0. The van der Waals surface area contributed by atoms with E-state index in [-0.39, 0.29) is 18.0 Å². The summed E-state index contributed by atoms with van der Waals surface area (Å²) < 4.78 is 5.80. The highest BCUT2D eigenvalue weighted by molar-refractivity contribution is 5.81. The summed E-state index contributed by atoms with van der Waals surface area (Å²) in [6.07, 6.45) is 2.48. The second-order valence-corrected chi connectivity index (χ2v) is 7.29. The van der Waals surface area contributed by atoms with Gasteiger partial charge in [0.2, 0.25) is 0 Å². The van der Waals surface area contributed by atoms with E-state index in [0.717, 1.165) is 23.8 Å². The Kier molecular flexibility index (Phi) is 3.71. The number of carbonyl (C=O) groups excluding carboxylic acids is 1. The van der Waals surface area contributed by atoms with Gasteiger partial charge in [0.05, 0.1) is 11.5 Å². The quantitative estimate of drug-likeness (QED) is 0.896. The fourth-order valence-electron chi connectivity index (χ4n) is 4.36. The number of carboxylic acids is 1. The lowest BCUT2D eigenvalue weighted by Crippen LogP contribution is -2.42. The van der Waals surface area contributed by atoms with E-state index in [0.29, 0.717) is 25.3 Å². The van der Waals surface area contributed by atoms with Gasteiger partial charge in [0.1, 0.15) is 11.3 Å². The molecule has 6 heteroatoms. The van der Waals surface area contributed by atoms with Crippen molar-refractivity contribution in [2.45, 2.75) is 32.2 Å². The zero-order valence-corrected chi connectivity index (χ0v) is 14.2. The standard InChI is InChI=1S/C19H22N2O4/c1-12(16-9-13-5-2-3-7-15(13)25-16)20-18(24)21-10-14-6-4-8-19(14,11-21)17(22)23/h2-3,5,7,9,12,14H,4,6,8,10-11H2,1H3,(H,20,24)(H,22,23)/t12-,14+,19-/m1/s1. The number of aliphatic carboxylic acids is 1. The third kappa shape index (κ3) is 2.56. The van der Waals surface area contributed by atoms with E-state index in [1.807, 2.05) is 37.3 Å². The van der Waals surface area contributed by atoms with Gasteiger partial charge in [-0.15, -0.1) is 0 Å². The first-order valence-electron chi connectivity index (χ1n) is 8.77. The highest BCUT2D eigenvalue weighted by Gasteiger charge is 2.55. The molecule has 1 saturated heterocycles. The summed E-state index contributed by atoms with van der Waals surface area (Å²) in [5, 5.41) is 13.6. The molecule has 1 saturated carbocycles. The Morgan fingerprint density at radius 2 is 2.20 bits per heavy atom. The van der Waals surface area contributed by atoms with Crippen LogP contribution in [0.25, 0.3) is 11.0 Å². The predicted octanol–water partition coefficient (Wildman–Crippen LogP) is 3.39. The Morgan fingerprint density at radius 3 is 2.92 bits per heavy atom. The van der Waals surface area contributed by atoms with Crippen LogP contribution in [0.2, 0.25) is 0 Å². The largest absolute Gasteiger partial charge is 0.481 e. The Morgan fingerprint density at radius 1 is 1.40 bits per heavy atom. The van der Waals surface area contributed by atoms with Crippen molar-refractivity contribution in [3.63, 3.8) is 0 Å². The number of nitrogens with one attached hydrogen (secondary N) is 1. The maximum absolute atomic E-state index is 12.6. The number of urea groups is 1. The molecule has 1 aliphatic heterocycles. The first-order valence-corrected chi connectivity index (χ1v) is 8.77. The smallest absolute Gasteiger partial charge is 0.318 e. The van der Waals surface area contributed by atoms with Crippen LogP contribution in [0.4, 0.5) is 4.79 Å². The molecule has 25 heavy (non-hydrogen) atoms. The summed E-state index contributed by atoms with van der Waals surface area (Å²) in [6, 6.07) is 9.15. The van der Waals surface area contributed by atoms with Gasteiger partial charge in [-0.2, -0.15) is 0 Å². The third-order valence-corrected chi connectivity index (χ3v) is 5.80. The monoisotopic (exact) mass is 342 g/mol. The van der Waals surface area contributed by atoms with Crippen molar-refractivity contribution in [1.29, 1.82) is 0 Å². The van der Waals surface area contributed by atoms with Gasteiger partial charge < -0.3 is 19.7 Å². The average Bonchev–Trinajstić information content (AvgIpc) is 3.26. The molecule has 0 radical (unpaired) electrons. The lowest BCUT2D eigenvalue weighted by Gasteiger charge is -2.24. The van der Waals surface area contributed by atoms with Crippen molar-refractivity contribution in [2.24, 2.45) is 11.3 Å². The van der Waals surface area contributed by atoms with Gasteiger partial charge in [-0.25, -0.2) is 4.79 Å². The van der Waals surface area contributed by atoms with Gasteiger partial charge >= 0.3 is 12.0 Å². The number of furan rings is 1. The third-order valence-electron chi connectivity index (χ3n) is 5.80. The van der Waals surface area contributed by atoms with Gasteiger partial charge in [-0.05, 0) is 37.8 Å². The average molecular weight is 342 g/mol. The summed E-state index contributed by atoms with van der Waals surface area (Å²) >= 11 is 0. The van der Waals surface area contributed by atoms with E-state index in [9.17, 15) is 14.7 Å². The van der Waals surface area contributed by atoms with Crippen LogP contribution < -0.4 is 5.32 Å². The maximum atomic E-state index is 12.6. The molecule has 2 heterocycles. The number of carboxylic acid groups (broad SMARTS) is 1. The zero-order valence-electron chi connectivity index (χ0n) is 14.2. The van der Waals surface area contributed by atoms with E-state index >= 15 is 0 Å². The molecule has 132 valence electrons. The number of hydrogen-bond donors (Lipinski definition) is 2. The fourth-order valence-corrected chi connectivity index (χ4v) is 4.36. The van der Waals surface area contributed by atoms with E-state index in [4.69, 9.17) is 4.42 Å². The van der Waals surface area contributed by atoms with Crippen LogP contribution in [0.3, 0.4) is 0 Å². The minimum atomic E-state index is -0.768. The second-order valence-electron chi connectivity index (χ2n) is 7.29. The zero-order chi connectivity index (χ0) is 17.6. The van der Waals surface area contributed by atoms with Gasteiger partial charge in [-0.1, -0.05) is 24.6 Å². The van der Waals surface area contributed by atoms with Crippen LogP contribution >= 0.6 is 0 Å². The molecule has 2 N–H and O–H groups in total. The molecule has 6 nitrogen and oxygen atoms in total. The molecule has 1 aliphatic carbocycles. The van der Waals surface area contributed by atoms with Crippen LogP contribution in [-0.4, -0.2) is 35.1 Å². The molecule has 0 bridgehead atoms. The van der Waals surface area contributed by atoms with Gasteiger partial charge in [-0.3, -0.25) is 4.79 Å². The number of carbonyl (C=O) groups is 2. The molecule has 2 aromatic rings. The lowest BCUT2D eigenvalue weighted by molar-refractivity contribution is -0.149. The number of benzene rings is 1. The normalized spacial score (nSPS) is 26.6. The molecule has 0 spiro atoms. The number of fused-ring (bicyclic) bond motifs is 2. The number of amides is 2. The van der Waals surface area contributed by atoms with Gasteiger partial charge in [0.25, 0.3) is 0 Å². The number of likely N-dealkylation sites (tertiary alicyclic amines) is 1.